The van der Waals surface area contributed by atoms with Crippen LogP contribution in [0.15, 0.2) is 386 Å². The molecule has 102 heavy (non-hydrogen) atoms. The Morgan fingerprint density at radius 1 is 0.186 bits per heavy atom. The fraction of sp³-hybridized carbons (Fsp3) is 0.0208. The summed E-state index contributed by atoms with van der Waals surface area (Å²) >= 11 is 3.83. The minimum Gasteiger partial charge on any atom is -0.368 e. The maximum Gasteiger partial charge on any atom is 0.103 e. The maximum atomic E-state index is 3.99. The summed E-state index contributed by atoms with van der Waals surface area (Å²) in [6.07, 6.45) is 0. The van der Waals surface area contributed by atoms with Crippen molar-refractivity contribution in [3.05, 3.63) is 387 Å². The third-order valence-corrected chi connectivity index (χ3v) is 22.9. The zero-order chi connectivity index (χ0) is 67.5. The highest BCUT2D eigenvalue weighted by Gasteiger charge is 2.30. The van der Waals surface area contributed by atoms with Gasteiger partial charge < -0.3 is 20.4 Å². The van der Waals surface area contributed by atoms with Crippen molar-refractivity contribution in [1.29, 1.82) is 0 Å². The lowest BCUT2D eigenvalue weighted by Gasteiger charge is -2.26. The van der Waals surface area contributed by atoms with Crippen LogP contribution in [0.2, 0.25) is 0 Å². The van der Waals surface area contributed by atoms with Crippen LogP contribution < -0.4 is 20.4 Å². The third-order valence-electron chi connectivity index (χ3n) is 20.4. The van der Waals surface area contributed by atoms with Gasteiger partial charge in [-0.25, -0.2) is 0 Å². The van der Waals surface area contributed by atoms with Crippen LogP contribution in [0.4, 0.5) is 45.5 Å². The molecule has 2 N–H and O–H groups in total. The summed E-state index contributed by atoms with van der Waals surface area (Å²) in [5, 5.41) is 18.2. The van der Waals surface area contributed by atoms with Gasteiger partial charge in [0, 0.05) is 54.7 Å². The van der Waals surface area contributed by atoms with Gasteiger partial charge in [0.05, 0.1) is 11.4 Å². The summed E-state index contributed by atoms with van der Waals surface area (Å²) in [7, 11) is 0. The SMILES string of the molecule is c1ccc(-c2ccc(N(c3ccccc3)c3ccc(-c4ccc5c6c(c7ccccc7c5c4)NC(c4ccc(-c5ccc(-c7ccc(N(c8ccc(-c9ccccc9)cc8)c8ccc(-c9ccc%10c%11c(c%12ccccc%12c%10c9)NC(c9ccccc9)S%11)cc8)cc7)cc5)cc4)S6)cc3)cc2)cc1. The van der Waals surface area contributed by atoms with Crippen molar-refractivity contribution in [1.82, 2.24) is 0 Å². The van der Waals surface area contributed by atoms with Gasteiger partial charge in [-0.2, -0.15) is 0 Å². The summed E-state index contributed by atoms with van der Waals surface area (Å²) < 4.78 is 0. The molecule has 0 bridgehead atoms. The molecule has 0 saturated carbocycles. The predicted molar refractivity (Wildman–Crippen MR) is 436 cm³/mol. The van der Waals surface area contributed by atoms with Gasteiger partial charge in [0.2, 0.25) is 0 Å². The van der Waals surface area contributed by atoms with Gasteiger partial charge in [-0.15, -0.1) is 0 Å². The number of thioether (sulfide) groups is 2. The second-order valence-corrected chi connectivity index (χ2v) is 28.6. The smallest absolute Gasteiger partial charge is 0.103 e. The van der Waals surface area contributed by atoms with Crippen molar-refractivity contribution >= 4 is 112 Å². The Hall–Kier alpha value is -12.3. The van der Waals surface area contributed by atoms with E-state index in [9.17, 15) is 0 Å². The number of nitrogens with one attached hydrogen (secondary N) is 2. The average molecular weight is 1340 g/mol. The van der Waals surface area contributed by atoms with Crippen molar-refractivity contribution in [3.63, 3.8) is 0 Å². The molecule has 2 aliphatic rings. The fourth-order valence-electron chi connectivity index (χ4n) is 15.1. The van der Waals surface area contributed by atoms with Gasteiger partial charge in [0.25, 0.3) is 0 Å². The predicted octanol–water partition coefficient (Wildman–Crippen LogP) is 27.7. The molecule has 6 heteroatoms. The van der Waals surface area contributed by atoms with E-state index in [1.54, 1.807) is 0 Å². The molecule has 19 rings (SSSR count). The van der Waals surface area contributed by atoms with E-state index in [4.69, 9.17) is 0 Å². The summed E-state index contributed by atoms with van der Waals surface area (Å²) in [5.74, 6) is 0. The van der Waals surface area contributed by atoms with Gasteiger partial charge in [-0.05, 0) is 195 Å². The standard InChI is InChI=1S/C96H66N4S2/c1-5-17-63(18-6-1)68-37-49-78(50-38-68)99(77-23-11-4-12-24-77)79-55-43-71(44-56-79)75-48-60-88-90(62-75)84-26-14-16-28-86(84)92-94(88)102-96(98-92)74-35-33-67(34-36-74)65-29-31-66(32-30-65)70-41-53-81(54-42-70)100(80-51-39-69(40-52-80)64-19-7-2-8-20-64)82-57-45-72(46-58-82)76-47-59-87-89(61-76)83-25-13-15-27-85(83)91-93(87)101-95(97-91)73-21-9-3-10-22-73/h1-62,95-98H. The second-order valence-electron chi connectivity index (χ2n) is 26.4. The molecule has 0 aromatic heterocycles. The Bertz CT molecular complexity index is 5940. The van der Waals surface area contributed by atoms with Crippen LogP contribution in [0.3, 0.4) is 0 Å². The Morgan fingerprint density at radius 3 is 0.784 bits per heavy atom. The summed E-state index contributed by atoms with van der Waals surface area (Å²) in [4.78, 5) is 7.31. The first kappa shape index (κ1) is 60.8. The summed E-state index contributed by atoms with van der Waals surface area (Å²) in [6.45, 7) is 0. The number of benzene rings is 17. The molecule has 482 valence electrons. The molecule has 0 amide bonds. The van der Waals surface area contributed by atoms with Crippen LogP contribution in [0.1, 0.15) is 21.9 Å². The molecule has 2 aliphatic heterocycles. The van der Waals surface area contributed by atoms with E-state index in [1.807, 2.05) is 23.5 Å². The highest BCUT2D eigenvalue weighted by Crippen LogP contribution is 2.56. The number of hydrogen-bond donors (Lipinski definition) is 2. The zero-order valence-electron chi connectivity index (χ0n) is 55.7. The fourth-order valence-corrected chi connectivity index (χ4v) is 17.7. The number of anilines is 8. The van der Waals surface area contributed by atoms with Crippen molar-refractivity contribution in [2.24, 2.45) is 0 Å². The quantitative estimate of drug-likeness (QED) is 0.106. The second kappa shape index (κ2) is 26.1. The number of rotatable bonds is 14. The molecular weight excluding hydrogens is 1270 g/mol. The molecule has 0 aliphatic carbocycles. The normalized spacial score (nSPS) is 13.8. The number of para-hydroxylation sites is 1. The van der Waals surface area contributed by atoms with Crippen LogP contribution in [0, 0.1) is 0 Å². The average Bonchev–Trinajstić information content (AvgIpc) is 1.51. The van der Waals surface area contributed by atoms with E-state index < -0.39 is 0 Å². The molecule has 4 nitrogen and oxygen atoms in total. The third kappa shape index (κ3) is 11.3. The lowest BCUT2D eigenvalue weighted by atomic mass is 9.95. The molecule has 2 unspecified atom stereocenters. The Balaban J connectivity index is 0.562. The molecule has 0 saturated heterocycles. The van der Waals surface area contributed by atoms with Crippen molar-refractivity contribution < 1.29 is 0 Å². The van der Waals surface area contributed by atoms with Crippen molar-refractivity contribution in [2.45, 2.75) is 20.5 Å². The maximum absolute atomic E-state index is 3.99. The van der Waals surface area contributed by atoms with Crippen LogP contribution >= 0.6 is 23.5 Å². The number of hydrogen-bond acceptors (Lipinski definition) is 6. The van der Waals surface area contributed by atoms with Gasteiger partial charge in [-0.1, -0.05) is 315 Å². The molecular formula is C96H66N4S2. The van der Waals surface area contributed by atoms with E-state index in [-0.39, 0.29) is 10.7 Å². The zero-order valence-corrected chi connectivity index (χ0v) is 57.3. The van der Waals surface area contributed by atoms with Crippen LogP contribution in [-0.4, -0.2) is 0 Å². The number of nitrogens with zero attached hydrogens (tertiary/aromatic N) is 2. The minimum atomic E-state index is 0.0663. The summed E-state index contributed by atoms with van der Waals surface area (Å²) in [5.41, 5.74) is 25.8. The Morgan fingerprint density at radius 2 is 0.431 bits per heavy atom. The van der Waals surface area contributed by atoms with Crippen LogP contribution in [-0.2, 0) is 0 Å². The van der Waals surface area contributed by atoms with Gasteiger partial charge in [0.15, 0.2) is 0 Å². The highest BCUT2D eigenvalue weighted by molar-refractivity contribution is 8.00. The molecule has 2 heterocycles. The minimum absolute atomic E-state index is 0.0663. The van der Waals surface area contributed by atoms with Crippen LogP contribution in [0.5, 0.6) is 0 Å². The molecule has 0 spiro atoms. The Labute approximate surface area is 602 Å². The van der Waals surface area contributed by atoms with Gasteiger partial charge in [0.1, 0.15) is 10.7 Å². The van der Waals surface area contributed by atoms with E-state index in [1.165, 1.54) is 137 Å². The topological polar surface area (TPSA) is 30.5 Å². The van der Waals surface area contributed by atoms with Crippen molar-refractivity contribution in [2.75, 3.05) is 20.4 Å². The van der Waals surface area contributed by atoms with E-state index >= 15 is 0 Å². The molecule has 2 atom stereocenters. The van der Waals surface area contributed by atoms with E-state index in [2.05, 4.69) is 397 Å². The lowest BCUT2D eigenvalue weighted by Crippen LogP contribution is -2.09. The molecule has 0 fully saturated rings. The Kier molecular flexibility index (Phi) is 15.6. The van der Waals surface area contributed by atoms with E-state index in [0.29, 0.717) is 0 Å². The first-order valence-electron chi connectivity index (χ1n) is 34.9. The van der Waals surface area contributed by atoms with Crippen molar-refractivity contribution in [3.8, 4) is 66.8 Å². The monoisotopic (exact) mass is 1340 g/mol. The molecule has 0 radical (unpaired) electrons. The first-order chi connectivity index (χ1) is 50.5. The lowest BCUT2D eigenvalue weighted by molar-refractivity contribution is 1.14. The number of fused-ring (bicyclic) bond motifs is 12. The first-order valence-corrected chi connectivity index (χ1v) is 36.7. The largest absolute Gasteiger partial charge is 0.368 e. The summed E-state index contributed by atoms with van der Waals surface area (Å²) in [6, 6.07) is 138. The van der Waals surface area contributed by atoms with Gasteiger partial charge in [-0.3, -0.25) is 0 Å². The highest BCUT2D eigenvalue weighted by atomic mass is 32.2. The van der Waals surface area contributed by atoms with E-state index in [0.717, 1.165) is 39.7 Å². The van der Waals surface area contributed by atoms with Gasteiger partial charge >= 0.3 is 0 Å². The molecule has 17 aromatic rings. The van der Waals surface area contributed by atoms with Crippen LogP contribution in [0.25, 0.3) is 110 Å². The molecule has 17 aromatic carbocycles.